The molecule has 116 valence electrons. The third kappa shape index (κ3) is 2.75. The molecule has 3 heterocycles. The minimum Gasteiger partial charge on any atom is -0.497 e. The van der Waals surface area contributed by atoms with E-state index in [1.807, 2.05) is 36.4 Å². The molecule has 8 heteroatoms. The second-order valence-corrected chi connectivity index (χ2v) is 7.45. The zero-order valence-electron chi connectivity index (χ0n) is 12.1. The molecule has 0 amide bonds. The summed E-state index contributed by atoms with van der Waals surface area (Å²) in [5, 5.41) is 14.0. The molecule has 0 bridgehead atoms. The summed E-state index contributed by atoms with van der Waals surface area (Å²) >= 11 is 9.17. The lowest BCUT2D eigenvalue weighted by Crippen LogP contribution is -2.12. The highest BCUT2D eigenvalue weighted by molar-refractivity contribution is 7.99. The first-order chi connectivity index (χ1) is 11.2. The van der Waals surface area contributed by atoms with Crippen LogP contribution in [0.5, 0.6) is 5.75 Å². The van der Waals surface area contributed by atoms with Gasteiger partial charge in [0.1, 0.15) is 5.75 Å². The summed E-state index contributed by atoms with van der Waals surface area (Å²) in [6.45, 7) is 0. The smallest absolute Gasteiger partial charge is 0.212 e. The van der Waals surface area contributed by atoms with Crippen LogP contribution in [-0.4, -0.2) is 33.4 Å². The summed E-state index contributed by atoms with van der Waals surface area (Å²) in [5.41, 5.74) is 1.89. The normalized spacial score (nSPS) is 13.6. The Morgan fingerprint density at radius 3 is 2.91 bits per heavy atom. The highest BCUT2D eigenvalue weighted by atomic mass is 35.5. The van der Waals surface area contributed by atoms with Gasteiger partial charge in [-0.3, -0.25) is 0 Å². The first-order valence-corrected chi connectivity index (χ1v) is 8.99. The molecule has 0 aliphatic carbocycles. The van der Waals surface area contributed by atoms with E-state index in [0.29, 0.717) is 5.82 Å². The maximum Gasteiger partial charge on any atom is 0.212 e. The minimum atomic E-state index is 0.700. The number of thiophene rings is 1. The van der Waals surface area contributed by atoms with Crippen LogP contribution in [0.15, 0.2) is 46.7 Å². The number of ether oxygens (including phenoxy) is 1. The largest absolute Gasteiger partial charge is 0.497 e. The monoisotopic (exact) mass is 362 g/mol. The van der Waals surface area contributed by atoms with Crippen LogP contribution in [0, 0.1) is 0 Å². The van der Waals surface area contributed by atoms with Gasteiger partial charge < -0.3 is 4.74 Å². The zero-order chi connectivity index (χ0) is 15.8. The predicted molar refractivity (Wildman–Crippen MR) is 94.0 cm³/mol. The third-order valence-corrected chi connectivity index (χ3v) is 5.57. The van der Waals surface area contributed by atoms with E-state index < -0.39 is 0 Å². The highest BCUT2D eigenvalue weighted by Gasteiger charge is 2.21. The van der Waals surface area contributed by atoms with Crippen molar-refractivity contribution in [3.05, 3.63) is 45.6 Å². The van der Waals surface area contributed by atoms with Gasteiger partial charge in [-0.05, 0) is 24.3 Å². The Balaban J connectivity index is 1.79. The Morgan fingerprint density at radius 1 is 1.22 bits per heavy atom. The van der Waals surface area contributed by atoms with E-state index in [1.165, 1.54) is 11.3 Å². The van der Waals surface area contributed by atoms with Gasteiger partial charge in [-0.2, -0.15) is 9.78 Å². The van der Waals surface area contributed by atoms with Crippen molar-refractivity contribution in [1.82, 2.24) is 14.9 Å². The van der Waals surface area contributed by atoms with Gasteiger partial charge in [-0.1, -0.05) is 35.5 Å². The second kappa shape index (κ2) is 5.99. The Hall–Kier alpha value is -1.83. The first kappa shape index (κ1) is 14.7. The Kier molecular flexibility index (Phi) is 3.84. The van der Waals surface area contributed by atoms with Crippen LogP contribution in [0.1, 0.15) is 4.88 Å². The number of hydrogen-bond acceptors (Lipinski definition) is 6. The minimum absolute atomic E-state index is 0.700. The lowest BCUT2D eigenvalue weighted by molar-refractivity contribution is 0.415. The number of nitrogens with zero attached hydrogens (tertiary/aromatic N) is 4. The van der Waals surface area contributed by atoms with Crippen LogP contribution in [0.4, 0.5) is 0 Å². The summed E-state index contributed by atoms with van der Waals surface area (Å²) < 4.78 is 7.82. The number of benzene rings is 1. The van der Waals surface area contributed by atoms with Crippen molar-refractivity contribution in [3.8, 4) is 17.1 Å². The van der Waals surface area contributed by atoms with Crippen LogP contribution < -0.4 is 4.74 Å². The number of aromatic nitrogens is 3. The van der Waals surface area contributed by atoms with Crippen LogP contribution in [-0.2, 0) is 0 Å². The maximum absolute atomic E-state index is 6.03. The topological polar surface area (TPSA) is 52.3 Å². The van der Waals surface area contributed by atoms with Crippen molar-refractivity contribution < 1.29 is 4.74 Å². The molecule has 1 aromatic carbocycles. The lowest BCUT2D eigenvalue weighted by Gasteiger charge is -2.12. The molecule has 4 rings (SSSR count). The summed E-state index contributed by atoms with van der Waals surface area (Å²) in [4.78, 5) is 1.07. The molecular formula is C15H11ClN4OS2. The quantitative estimate of drug-likeness (QED) is 0.706. The average Bonchev–Trinajstić information content (AvgIpc) is 3.20. The molecule has 1 aliphatic rings. The van der Waals surface area contributed by atoms with Gasteiger partial charge in [0.15, 0.2) is 5.82 Å². The van der Waals surface area contributed by atoms with Crippen LogP contribution in [0.25, 0.3) is 11.4 Å². The molecule has 2 aromatic heterocycles. The van der Waals surface area contributed by atoms with Crippen molar-refractivity contribution in [3.63, 3.8) is 0 Å². The third-order valence-electron chi connectivity index (χ3n) is 3.36. The zero-order valence-corrected chi connectivity index (χ0v) is 14.5. The SMILES string of the molecule is COc1cccc(-c2nnc3n2N=C(c2ccc(Cl)s2)CS3)c1. The van der Waals surface area contributed by atoms with E-state index >= 15 is 0 Å². The summed E-state index contributed by atoms with van der Waals surface area (Å²) in [6.07, 6.45) is 0. The van der Waals surface area contributed by atoms with Crippen molar-refractivity contribution in [2.24, 2.45) is 5.10 Å². The van der Waals surface area contributed by atoms with Crippen LogP contribution in [0.2, 0.25) is 4.34 Å². The molecule has 0 saturated heterocycles. The summed E-state index contributed by atoms with van der Waals surface area (Å²) in [5.74, 6) is 2.23. The molecule has 0 saturated carbocycles. The molecule has 0 radical (unpaired) electrons. The van der Waals surface area contributed by atoms with Gasteiger partial charge in [0, 0.05) is 11.3 Å². The number of halogens is 1. The van der Waals surface area contributed by atoms with Crippen molar-refractivity contribution >= 4 is 40.4 Å². The molecule has 3 aromatic rings. The van der Waals surface area contributed by atoms with Gasteiger partial charge in [-0.25, -0.2) is 0 Å². The molecule has 0 unspecified atom stereocenters. The fraction of sp³-hybridized carbons (Fsp3) is 0.133. The molecule has 23 heavy (non-hydrogen) atoms. The van der Waals surface area contributed by atoms with E-state index in [0.717, 1.165) is 37.1 Å². The Labute approximate surface area is 146 Å². The predicted octanol–water partition coefficient (Wildman–Crippen LogP) is 4.03. The number of fused-ring (bicyclic) bond motifs is 1. The molecule has 0 N–H and O–H groups in total. The number of methoxy groups -OCH3 is 1. The molecule has 0 spiro atoms. The fourth-order valence-electron chi connectivity index (χ4n) is 2.26. The fourth-order valence-corrected chi connectivity index (χ4v) is 4.20. The van der Waals surface area contributed by atoms with Gasteiger partial charge in [0.2, 0.25) is 5.16 Å². The molecule has 5 nitrogen and oxygen atoms in total. The molecular weight excluding hydrogens is 352 g/mol. The van der Waals surface area contributed by atoms with Crippen molar-refractivity contribution in [2.75, 3.05) is 12.9 Å². The van der Waals surface area contributed by atoms with Crippen molar-refractivity contribution in [2.45, 2.75) is 5.16 Å². The van der Waals surface area contributed by atoms with E-state index in [4.69, 9.17) is 21.4 Å². The van der Waals surface area contributed by atoms with Crippen LogP contribution in [0.3, 0.4) is 0 Å². The van der Waals surface area contributed by atoms with Gasteiger partial charge >= 0.3 is 0 Å². The molecule has 1 aliphatic heterocycles. The first-order valence-electron chi connectivity index (χ1n) is 6.81. The Morgan fingerprint density at radius 2 is 2.13 bits per heavy atom. The standard InChI is InChI=1S/C15H11ClN4OS2/c1-21-10-4-2-3-9(7-10)14-17-18-15-20(14)19-11(8-22-15)12-5-6-13(16)23-12/h2-7H,8H2,1H3. The molecule has 0 fully saturated rings. The van der Waals surface area contributed by atoms with Gasteiger partial charge in [0.05, 0.1) is 22.0 Å². The van der Waals surface area contributed by atoms with E-state index in [9.17, 15) is 0 Å². The second-order valence-electron chi connectivity index (χ2n) is 4.79. The van der Waals surface area contributed by atoms with Gasteiger partial charge in [0.25, 0.3) is 0 Å². The van der Waals surface area contributed by atoms with Crippen LogP contribution >= 0.6 is 34.7 Å². The highest BCUT2D eigenvalue weighted by Crippen LogP contribution is 2.31. The average molecular weight is 363 g/mol. The van der Waals surface area contributed by atoms with E-state index in [1.54, 1.807) is 23.5 Å². The Bertz CT molecular complexity index is 903. The lowest BCUT2D eigenvalue weighted by atomic mass is 10.2. The number of thioether (sulfide) groups is 1. The van der Waals surface area contributed by atoms with Crippen molar-refractivity contribution in [1.29, 1.82) is 0 Å². The number of hydrogen-bond donors (Lipinski definition) is 0. The van der Waals surface area contributed by atoms with E-state index in [-0.39, 0.29) is 0 Å². The number of rotatable bonds is 3. The summed E-state index contributed by atoms with van der Waals surface area (Å²) in [7, 11) is 1.64. The summed E-state index contributed by atoms with van der Waals surface area (Å²) in [6, 6.07) is 11.6. The maximum atomic E-state index is 6.03. The van der Waals surface area contributed by atoms with E-state index in [2.05, 4.69) is 10.2 Å². The van der Waals surface area contributed by atoms with Gasteiger partial charge in [-0.15, -0.1) is 21.5 Å². The molecule has 0 atom stereocenters.